The summed E-state index contributed by atoms with van der Waals surface area (Å²) in [6.07, 6.45) is -4.49. The zero-order chi connectivity index (χ0) is 14.6. The lowest BCUT2D eigenvalue weighted by molar-refractivity contribution is -0.152. The van der Waals surface area contributed by atoms with Gasteiger partial charge in [-0.15, -0.1) is 0 Å². The molecule has 19 heavy (non-hydrogen) atoms. The van der Waals surface area contributed by atoms with Gasteiger partial charge in [-0.1, -0.05) is 12.2 Å². The first-order valence-corrected chi connectivity index (χ1v) is 6.03. The van der Waals surface area contributed by atoms with E-state index in [1.54, 1.807) is 6.92 Å². The average Bonchev–Trinajstić information content (AvgIpc) is 2.30. The van der Waals surface area contributed by atoms with Crippen molar-refractivity contribution in [1.82, 2.24) is 0 Å². The topological polar surface area (TPSA) is 29.3 Å². The van der Waals surface area contributed by atoms with Crippen molar-refractivity contribution in [3.63, 3.8) is 0 Å². The summed E-state index contributed by atoms with van der Waals surface area (Å²) in [4.78, 5) is 0.865. The summed E-state index contributed by atoms with van der Waals surface area (Å²) in [7, 11) is 0. The molecule has 0 aliphatic heterocycles. The fourth-order valence-corrected chi connectivity index (χ4v) is 1.85. The van der Waals surface area contributed by atoms with Gasteiger partial charge in [0.15, 0.2) is 0 Å². The van der Waals surface area contributed by atoms with Gasteiger partial charge in [-0.2, -0.15) is 13.2 Å². The highest BCUT2D eigenvalue weighted by molar-refractivity contribution is 7.80. The first-order valence-electron chi connectivity index (χ1n) is 5.62. The van der Waals surface area contributed by atoms with Gasteiger partial charge in [0.05, 0.1) is 4.99 Å². The summed E-state index contributed by atoms with van der Waals surface area (Å²) in [6, 6.07) is 5.24. The van der Waals surface area contributed by atoms with Gasteiger partial charge >= 0.3 is 6.18 Å². The van der Waals surface area contributed by atoms with E-state index in [0.717, 1.165) is 0 Å². The van der Waals surface area contributed by atoms with Crippen LogP contribution in [0.15, 0.2) is 24.3 Å². The summed E-state index contributed by atoms with van der Waals surface area (Å²) >= 11 is 4.47. The molecule has 1 aromatic carbocycles. The maximum Gasteiger partial charge on any atom is 0.399 e. The normalized spacial score (nSPS) is 13.1. The van der Waals surface area contributed by atoms with E-state index in [1.165, 1.54) is 29.2 Å². The summed E-state index contributed by atoms with van der Waals surface area (Å²) < 4.78 is 51.2. The van der Waals surface area contributed by atoms with Gasteiger partial charge in [0.2, 0.25) is 0 Å². The van der Waals surface area contributed by atoms with E-state index in [-0.39, 0.29) is 6.54 Å². The predicted molar refractivity (Wildman–Crippen MR) is 70.6 cm³/mol. The molecule has 0 fully saturated rings. The number of hydrogen-bond acceptors (Lipinski definition) is 2. The first kappa shape index (κ1) is 15.7. The van der Waals surface area contributed by atoms with Crippen LogP contribution in [-0.2, 0) is 0 Å². The highest BCUT2D eigenvalue weighted by atomic mass is 32.1. The molecule has 0 saturated heterocycles. The zero-order valence-corrected chi connectivity index (χ0v) is 11.1. The molecule has 0 heterocycles. The maximum absolute atomic E-state index is 12.8. The van der Waals surface area contributed by atoms with Crippen molar-refractivity contribution in [3.8, 4) is 0 Å². The monoisotopic (exact) mass is 294 g/mol. The van der Waals surface area contributed by atoms with Gasteiger partial charge in [0.1, 0.15) is 11.7 Å². The van der Waals surface area contributed by atoms with Crippen LogP contribution in [0.4, 0.5) is 23.2 Å². The second-order valence-electron chi connectivity index (χ2n) is 4.01. The van der Waals surface area contributed by atoms with Crippen molar-refractivity contribution in [2.24, 2.45) is 11.7 Å². The minimum atomic E-state index is -4.49. The van der Waals surface area contributed by atoms with Gasteiger partial charge in [-0.05, 0) is 31.2 Å². The van der Waals surface area contributed by atoms with Gasteiger partial charge < -0.3 is 10.6 Å². The summed E-state index contributed by atoms with van der Waals surface area (Å²) in [6.45, 7) is 1.66. The molecular formula is C12H14F4N2S. The van der Waals surface area contributed by atoms with Crippen molar-refractivity contribution >= 4 is 22.9 Å². The minimum absolute atomic E-state index is 0.334. The van der Waals surface area contributed by atoms with Crippen molar-refractivity contribution in [1.29, 1.82) is 0 Å². The smallest absolute Gasteiger partial charge is 0.393 e. The van der Waals surface area contributed by atoms with Crippen LogP contribution in [0.25, 0.3) is 0 Å². The van der Waals surface area contributed by atoms with Crippen LogP contribution in [0, 0.1) is 11.7 Å². The van der Waals surface area contributed by atoms with E-state index in [9.17, 15) is 17.6 Å². The van der Waals surface area contributed by atoms with Gasteiger partial charge in [-0.3, -0.25) is 0 Å². The Morgan fingerprint density at radius 1 is 1.32 bits per heavy atom. The van der Waals surface area contributed by atoms with Crippen LogP contribution < -0.4 is 10.6 Å². The molecule has 0 aliphatic carbocycles. The predicted octanol–water partition coefficient (Wildman–Crippen LogP) is 3.12. The third-order valence-electron chi connectivity index (χ3n) is 2.72. The molecule has 1 atom stereocenters. The summed E-state index contributed by atoms with van der Waals surface area (Å²) in [5.74, 6) is -2.32. The Morgan fingerprint density at radius 3 is 2.21 bits per heavy atom. The van der Waals surface area contributed by atoms with Crippen LogP contribution in [-0.4, -0.2) is 24.3 Å². The number of nitrogens with zero attached hydrogens (tertiary/aromatic N) is 1. The summed E-state index contributed by atoms with van der Waals surface area (Å²) in [5, 5.41) is 0. The molecule has 0 aliphatic rings. The molecule has 7 heteroatoms. The summed E-state index contributed by atoms with van der Waals surface area (Å²) in [5.41, 5.74) is 5.65. The number of nitrogens with two attached hydrogens (primary N) is 1. The molecule has 0 spiro atoms. The highest BCUT2D eigenvalue weighted by Gasteiger charge is 2.42. The molecule has 0 aromatic heterocycles. The fraction of sp³-hybridized carbons (Fsp3) is 0.417. The van der Waals surface area contributed by atoms with E-state index >= 15 is 0 Å². The van der Waals surface area contributed by atoms with Gasteiger partial charge in [0, 0.05) is 18.8 Å². The van der Waals surface area contributed by atoms with Gasteiger partial charge in [-0.25, -0.2) is 4.39 Å². The molecular weight excluding hydrogens is 280 g/mol. The van der Waals surface area contributed by atoms with E-state index < -0.39 is 22.9 Å². The van der Waals surface area contributed by atoms with Crippen LogP contribution in [0.3, 0.4) is 0 Å². The average molecular weight is 294 g/mol. The van der Waals surface area contributed by atoms with Crippen molar-refractivity contribution in [2.45, 2.75) is 13.1 Å². The Balaban J connectivity index is 2.92. The van der Waals surface area contributed by atoms with Crippen LogP contribution in [0.1, 0.15) is 6.92 Å². The number of hydrogen-bond donors (Lipinski definition) is 1. The van der Waals surface area contributed by atoms with E-state index in [0.29, 0.717) is 12.2 Å². The van der Waals surface area contributed by atoms with Gasteiger partial charge in [0.25, 0.3) is 0 Å². The number of halogens is 4. The third kappa shape index (κ3) is 4.34. The van der Waals surface area contributed by atoms with Crippen molar-refractivity contribution in [2.75, 3.05) is 18.0 Å². The molecule has 0 radical (unpaired) electrons. The van der Waals surface area contributed by atoms with Crippen molar-refractivity contribution < 1.29 is 17.6 Å². The molecule has 2 N–H and O–H groups in total. The van der Waals surface area contributed by atoms with Crippen molar-refractivity contribution in [3.05, 3.63) is 30.1 Å². The number of anilines is 1. The SMILES string of the molecule is CCN(CC(C(N)=S)C(F)(F)F)c1ccc(F)cc1. The quantitative estimate of drug-likeness (QED) is 0.668. The zero-order valence-electron chi connectivity index (χ0n) is 10.2. The fourth-order valence-electron chi connectivity index (χ4n) is 1.64. The lowest BCUT2D eigenvalue weighted by Crippen LogP contribution is -2.43. The maximum atomic E-state index is 12.8. The Bertz CT molecular complexity index is 430. The van der Waals surface area contributed by atoms with E-state index in [1.807, 2.05) is 0 Å². The van der Waals surface area contributed by atoms with Crippen LogP contribution >= 0.6 is 12.2 Å². The Kier molecular flexibility index (Phi) is 5.11. The first-order chi connectivity index (χ1) is 8.75. The standard InChI is InChI=1S/C12H14F4N2S/c1-2-18(9-5-3-8(13)4-6-9)7-10(11(17)19)12(14,15)16/h3-6,10H,2,7H2,1H3,(H2,17,19). The van der Waals surface area contributed by atoms with Crippen LogP contribution in [0.2, 0.25) is 0 Å². The Labute approximate surface area is 114 Å². The molecule has 1 unspecified atom stereocenters. The molecule has 106 valence electrons. The number of alkyl halides is 3. The third-order valence-corrected chi connectivity index (χ3v) is 3.00. The largest absolute Gasteiger partial charge is 0.399 e. The molecule has 2 nitrogen and oxygen atoms in total. The highest BCUT2D eigenvalue weighted by Crippen LogP contribution is 2.29. The van der Waals surface area contributed by atoms with E-state index in [2.05, 4.69) is 12.2 Å². The minimum Gasteiger partial charge on any atom is -0.393 e. The molecule has 1 rings (SSSR count). The molecule has 1 aromatic rings. The molecule has 0 bridgehead atoms. The lowest BCUT2D eigenvalue weighted by atomic mass is 10.1. The number of thiocarbonyl (C=S) groups is 1. The molecule has 0 saturated carbocycles. The van der Waals surface area contributed by atoms with E-state index in [4.69, 9.17) is 5.73 Å². The Hall–Kier alpha value is -1.37. The molecule has 0 amide bonds. The Morgan fingerprint density at radius 2 is 1.84 bits per heavy atom. The second kappa shape index (κ2) is 6.18. The number of benzene rings is 1. The number of rotatable bonds is 5. The van der Waals surface area contributed by atoms with Crippen LogP contribution in [0.5, 0.6) is 0 Å². The second-order valence-corrected chi connectivity index (χ2v) is 4.48. The lowest BCUT2D eigenvalue weighted by Gasteiger charge is -2.29.